The van der Waals surface area contributed by atoms with Crippen molar-refractivity contribution in [2.24, 2.45) is 0 Å². The van der Waals surface area contributed by atoms with Crippen LogP contribution in [0.1, 0.15) is 24.2 Å². The number of halogens is 2. The van der Waals surface area contributed by atoms with E-state index >= 15 is 0 Å². The average Bonchev–Trinajstić information content (AvgIpc) is 2.69. The molecule has 3 nitrogen and oxygen atoms in total. The summed E-state index contributed by atoms with van der Waals surface area (Å²) in [5.74, 6) is 0.825. The molecule has 0 bridgehead atoms. The fourth-order valence-electron chi connectivity index (χ4n) is 1.99. The summed E-state index contributed by atoms with van der Waals surface area (Å²) in [6.45, 7) is 4.05. The second-order valence-electron chi connectivity index (χ2n) is 4.20. The first-order valence-corrected chi connectivity index (χ1v) is 6.46. The predicted octanol–water partition coefficient (Wildman–Crippen LogP) is 4.15. The van der Waals surface area contributed by atoms with Gasteiger partial charge in [-0.3, -0.25) is 0 Å². The molecule has 0 saturated carbocycles. The average molecular weight is 284 g/mol. The highest BCUT2D eigenvalue weighted by Crippen LogP contribution is 2.30. The Bertz CT molecular complexity index is 563. The van der Waals surface area contributed by atoms with Gasteiger partial charge in [-0.25, -0.2) is 4.98 Å². The Hall–Kier alpha value is -1.19. The van der Waals surface area contributed by atoms with E-state index in [9.17, 15) is 0 Å². The van der Waals surface area contributed by atoms with E-state index in [2.05, 4.69) is 21.8 Å². The fraction of sp³-hybridized carbons (Fsp3) is 0.308. The van der Waals surface area contributed by atoms with Crippen molar-refractivity contribution in [1.82, 2.24) is 9.55 Å². The minimum Gasteiger partial charge on any atom is -0.359 e. The molecular weight excluding hydrogens is 269 g/mol. The lowest BCUT2D eigenvalue weighted by molar-refractivity contribution is 0.645. The molecule has 1 unspecified atom stereocenters. The molecule has 0 aliphatic rings. The van der Waals surface area contributed by atoms with Crippen molar-refractivity contribution in [3.05, 3.63) is 45.7 Å². The lowest BCUT2D eigenvalue weighted by Crippen LogP contribution is -2.09. The summed E-state index contributed by atoms with van der Waals surface area (Å²) in [5, 5.41) is 4.40. The summed E-state index contributed by atoms with van der Waals surface area (Å²) in [7, 11) is 1.86. The summed E-state index contributed by atoms with van der Waals surface area (Å²) in [4.78, 5) is 4.41. The summed E-state index contributed by atoms with van der Waals surface area (Å²) in [5.41, 5.74) is 1.99. The number of hydrogen-bond donors (Lipinski definition) is 1. The lowest BCUT2D eigenvalue weighted by atomic mass is 10.1. The smallest absolute Gasteiger partial charge is 0.203 e. The van der Waals surface area contributed by atoms with Gasteiger partial charge in [0.1, 0.15) is 0 Å². The Labute approximate surface area is 117 Å². The van der Waals surface area contributed by atoms with Crippen LogP contribution in [0.5, 0.6) is 0 Å². The van der Waals surface area contributed by atoms with Crippen molar-refractivity contribution in [1.29, 1.82) is 0 Å². The molecule has 1 heterocycles. The van der Waals surface area contributed by atoms with Crippen molar-refractivity contribution < 1.29 is 0 Å². The Morgan fingerprint density at radius 1 is 1.33 bits per heavy atom. The van der Waals surface area contributed by atoms with E-state index in [0.717, 1.165) is 17.2 Å². The molecular formula is C13H15Cl2N3. The number of aromatic nitrogens is 2. The largest absolute Gasteiger partial charge is 0.359 e. The summed E-state index contributed by atoms with van der Waals surface area (Å²) in [6.07, 6.45) is 2.00. The third-order valence-electron chi connectivity index (χ3n) is 2.91. The molecule has 0 aliphatic carbocycles. The van der Waals surface area contributed by atoms with Crippen LogP contribution in [0.15, 0.2) is 24.4 Å². The van der Waals surface area contributed by atoms with Gasteiger partial charge in [-0.05, 0) is 31.5 Å². The van der Waals surface area contributed by atoms with Gasteiger partial charge in [0.15, 0.2) is 0 Å². The van der Waals surface area contributed by atoms with Crippen molar-refractivity contribution >= 4 is 29.2 Å². The van der Waals surface area contributed by atoms with E-state index in [0.29, 0.717) is 10.0 Å². The van der Waals surface area contributed by atoms with Crippen LogP contribution in [0.4, 0.5) is 5.95 Å². The van der Waals surface area contributed by atoms with Gasteiger partial charge in [-0.1, -0.05) is 29.3 Å². The zero-order chi connectivity index (χ0) is 13.3. The molecule has 0 radical (unpaired) electrons. The quantitative estimate of drug-likeness (QED) is 0.917. The molecule has 0 saturated heterocycles. The van der Waals surface area contributed by atoms with Crippen molar-refractivity contribution in [3.63, 3.8) is 0 Å². The molecule has 1 N–H and O–H groups in total. The number of aryl methyl sites for hydroxylation is 1. The van der Waals surface area contributed by atoms with Crippen molar-refractivity contribution in [3.8, 4) is 0 Å². The van der Waals surface area contributed by atoms with Gasteiger partial charge in [-0.2, -0.15) is 0 Å². The van der Waals surface area contributed by atoms with Crippen LogP contribution < -0.4 is 5.32 Å². The molecule has 0 amide bonds. The highest BCUT2D eigenvalue weighted by atomic mass is 35.5. The number of hydrogen-bond acceptors (Lipinski definition) is 2. The van der Waals surface area contributed by atoms with Crippen LogP contribution in [-0.4, -0.2) is 16.6 Å². The maximum Gasteiger partial charge on any atom is 0.203 e. The fourth-order valence-corrected chi connectivity index (χ4v) is 2.55. The Morgan fingerprint density at radius 3 is 2.67 bits per heavy atom. The molecule has 0 spiro atoms. The number of nitrogens with zero attached hydrogens (tertiary/aromatic N) is 2. The van der Waals surface area contributed by atoms with E-state index in [4.69, 9.17) is 23.2 Å². The maximum absolute atomic E-state index is 6.24. The summed E-state index contributed by atoms with van der Waals surface area (Å²) >= 11 is 12.2. The van der Waals surface area contributed by atoms with E-state index in [-0.39, 0.29) is 6.04 Å². The third-order valence-corrected chi connectivity index (χ3v) is 3.47. The molecule has 2 aromatic rings. The van der Waals surface area contributed by atoms with E-state index in [1.54, 1.807) is 6.07 Å². The molecule has 5 heteroatoms. The van der Waals surface area contributed by atoms with Crippen LogP contribution in [0, 0.1) is 6.92 Å². The van der Waals surface area contributed by atoms with Crippen molar-refractivity contribution in [2.45, 2.75) is 19.9 Å². The maximum atomic E-state index is 6.24. The van der Waals surface area contributed by atoms with E-state index in [1.165, 1.54) is 0 Å². The molecule has 2 rings (SSSR count). The van der Waals surface area contributed by atoms with Gasteiger partial charge >= 0.3 is 0 Å². The van der Waals surface area contributed by atoms with Gasteiger partial charge in [0.05, 0.1) is 11.7 Å². The second-order valence-corrected chi connectivity index (χ2v) is 5.05. The summed E-state index contributed by atoms with van der Waals surface area (Å²) in [6, 6.07) is 5.66. The van der Waals surface area contributed by atoms with Crippen LogP contribution in [0.3, 0.4) is 0 Å². The van der Waals surface area contributed by atoms with Crippen LogP contribution in [0.25, 0.3) is 0 Å². The monoisotopic (exact) mass is 283 g/mol. The number of nitrogens with one attached hydrogen (secondary N) is 1. The van der Waals surface area contributed by atoms with Gasteiger partial charge in [-0.15, -0.1) is 0 Å². The number of rotatable bonds is 3. The first-order valence-electron chi connectivity index (χ1n) is 5.71. The topological polar surface area (TPSA) is 29.9 Å². The standard InChI is InChI=1S/C13H15Cl2N3/c1-8-7-18(13(16-3)17-8)9(2)11-5-4-10(14)6-12(11)15/h4-7,9H,1-3H3,(H,16,17). The number of imidazole rings is 1. The first-order chi connectivity index (χ1) is 8.52. The SMILES string of the molecule is CNc1nc(C)cn1C(C)c1ccc(Cl)cc1Cl. The molecule has 0 fully saturated rings. The van der Waals surface area contributed by atoms with E-state index in [1.807, 2.05) is 32.3 Å². The van der Waals surface area contributed by atoms with Crippen LogP contribution in [-0.2, 0) is 0 Å². The van der Waals surface area contributed by atoms with Crippen LogP contribution in [0.2, 0.25) is 10.0 Å². The predicted molar refractivity (Wildman–Crippen MR) is 76.8 cm³/mol. The summed E-state index contributed by atoms with van der Waals surface area (Å²) < 4.78 is 2.06. The third kappa shape index (κ3) is 2.47. The van der Waals surface area contributed by atoms with Gasteiger partial charge in [0.25, 0.3) is 0 Å². The molecule has 1 atom stereocenters. The Kier molecular flexibility index (Phi) is 3.83. The molecule has 1 aromatic carbocycles. The zero-order valence-corrected chi connectivity index (χ0v) is 12.0. The van der Waals surface area contributed by atoms with E-state index < -0.39 is 0 Å². The highest BCUT2D eigenvalue weighted by Gasteiger charge is 2.15. The van der Waals surface area contributed by atoms with Crippen molar-refractivity contribution in [2.75, 3.05) is 12.4 Å². The Morgan fingerprint density at radius 2 is 2.06 bits per heavy atom. The van der Waals surface area contributed by atoms with Crippen LogP contribution >= 0.6 is 23.2 Å². The number of anilines is 1. The normalized spacial score (nSPS) is 12.5. The Balaban J connectivity index is 2.43. The zero-order valence-electron chi connectivity index (χ0n) is 10.5. The second kappa shape index (κ2) is 5.21. The molecule has 96 valence electrons. The van der Waals surface area contributed by atoms with Gasteiger partial charge < -0.3 is 9.88 Å². The minimum absolute atomic E-state index is 0.0958. The highest BCUT2D eigenvalue weighted by molar-refractivity contribution is 6.35. The molecule has 0 aliphatic heterocycles. The first kappa shape index (κ1) is 13.2. The number of benzene rings is 1. The molecule has 1 aromatic heterocycles. The molecule has 18 heavy (non-hydrogen) atoms. The van der Waals surface area contributed by atoms with Gasteiger partial charge in [0, 0.05) is 23.3 Å². The lowest BCUT2D eigenvalue weighted by Gasteiger charge is -2.17. The van der Waals surface area contributed by atoms with Gasteiger partial charge in [0.2, 0.25) is 5.95 Å². The minimum atomic E-state index is 0.0958.